The lowest BCUT2D eigenvalue weighted by Crippen LogP contribution is -2.42. The van der Waals surface area contributed by atoms with Crippen molar-refractivity contribution in [1.82, 2.24) is 14.5 Å². The molecule has 2 bridgehead atoms. The van der Waals surface area contributed by atoms with Crippen LogP contribution in [0.3, 0.4) is 0 Å². The third-order valence-electron chi connectivity index (χ3n) is 5.18. The highest BCUT2D eigenvalue weighted by Gasteiger charge is 2.40. The molecular weight excluding hydrogens is 306 g/mol. The van der Waals surface area contributed by atoms with Crippen LogP contribution in [0.4, 0.5) is 0 Å². The number of ether oxygens (including phenoxy) is 1. The van der Waals surface area contributed by atoms with Gasteiger partial charge in [-0.15, -0.1) is 0 Å². The van der Waals surface area contributed by atoms with Gasteiger partial charge in [0.1, 0.15) is 5.82 Å². The number of methoxy groups -OCH3 is 1. The highest BCUT2D eigenvalue weighted by atomic mass is 16.5. The Morgan fingerprint density at radius 3 is 2.92 bits per heavy atom. The summed E-state index contributed by atoms with van der Waals surface area (Å²) in [5, 5.41) is 0.649. The number of aromatic nitrogens is 2. The standard InChI is InChI=1S/C18H21N3O3/c1-24-9-8-17(22)21-12-6-7-13(21)11-20-16(10-12)19-15-5-3-2-4-14(15)18(20)23/h2-5,12-13H,6-11H2,1H3/t12-,13+/m0/s1. The molecule has 1 amide bonds. The van der Waals surface area contributed by atoms with Gasteiger partial charge < -0.3 is 9.64 Å². The van der Waals surface area contributed by atoms with E-state index < -0.39 is 0 Å². The first kappa shape index (κ1) is 15.3. The van der Waals surface area contributed by atoms with E-state index >= 15 is 0 Å². The first-order valence-corrected chi connectivity index (χ1v) is 8.47. The van der Waals surface area contributed by atoms with Crippen LogP contribution < -0.4 is 5.56 Å². The fourth-order valence-corrected chi connectivity index (χ4v) is 4.05. The van der Waals surface area contributed by atoms with Crippen molar-refractivity contribution in [3.63, 3.8) is 0 Å². The van der Waals surface area contributed by atoms with Gasteiger partial charge in [-0.3, -0.25) is 14.2 Å². The fraction of sp³-hybridized carbons (Fsp3) is 0.500. The molecule has 3 heterocycles. The van der Waals surface area contributed by atoms with Crippen molar-refractivity contribution in [3.8, 4) is 0 Å². The van der Waals surface area contributed by atoms with E-state index in [1.165, 1.54) is 0 Å². The number of fused-ring (bicyclic) bond motifs is 4. The number of amides is 1. The first-order valence-electron chi connectivity index (χ1n) is 8.47. The van der Waals surface area contributed by atoms with Crippen LogP contribution in [-0.2, 0) is 22.5 Å². The Morgan fingerprint density at radius 2 is 2.08 bits per heavy atom. The number of para-hydroxylation sites is 1. The Bertz CT molecular complexity index is 845. The monoisotopic (exact) mass is 327 g/mol. The Labute approximate surface area is 140 Å². The molecular formula is C18H21N3O3. The van der Waals surface area contributed by atoms with Gasteiger partial charge in [0.15, 0.2) is 0 Å². The average Bonchev–Trinajstić information content (AvgIpc) is 2.89. The van der Waals surface area contributed by atoms with E-state index in [1.807, 2.05) is 29.2 Å². The first-order chi connectivity index (χ1) is 11.7. The molecule has 1 aromatic heterocycles. The summed E-state index contributed by atoms with van der Waals surface area (Å²) in [5.74, 6) is 0.921. The molecule has 126 valence electrons. The van der Waals surface area contributed by atoms with Crippen LogP contribution >= 0.6 is 0 Å². The topological polar surface area (TPSA) is 64.4 Å². The third-order valence-corrected chi connectivity index (χ3v) is 5.18. The molecule has 0 unspecified atom stereocenters. The Morgan fingerprint density at radius 1 is 1.29 bits per heavy atom. The summed E-state index contributed by atoms with van der Waals surface area (Å²) in [6.07, 6.45) is 2.97. The highest BCUT2D eigenvalue weighted by Crippen LogP contribution is 2.31. The fourth-order valence-electron chi connectivity index (χ4n) is 4.05. The summed E-state index contributed by atoms with van der Waals surface area (Å²) in [7, 11) is 1.61. The maximum absolute atomic E-state index is 12.9. The van der Waals surface area contributed by atoms with Gasteiger partial charge in [-0.25, -0.2) is 4.98 Å². The van der Waals surface area contributed by atoms with Gasteiger partial charge in [-0.05, 0) is 25.0 Å². The van der Waals surface area contributed by atoms with Crippen molar-refractivity contribution in [2.24, 2.45) is 0 Å². The number of carbonyl (C=O) groups is 1. The van der Waals surface area contributed by atoms with Crippen molar-refractivity contribution in [2.45, 2.75) is 44.3 Å². The predicted molar refractivity (Wildman–Crippen MR) is 89.9 cm³/mol. The lowest BCUT2D eigenvalue weighted by molar-refractivity contribution is -0.135. The second kappa shape index (κ2) is 6.02. The smallest absolute Gasteiger partial charge is 0.261 e. The van der Waals surface area contributed by atoms with Gasteiger partial charge in [0.05, 0.1) is 30.0 Å². The third kappa shape index (κ3) is 2.41. The van der Waals surface area contributed by atoms with Crippen LogP contribution in [0.15, 0.2) is 29.1 Å². The minimum atomic E-state index is 0.00689. The van der Waals surface area contributed by atoms with Crippen molar-refractivity contribution < 1.29 is 9.53 Å². The minimum Gasteiger partial charge on any atom is -0.384 e. The van der Waals surface area contributed by atoms with Crippen molar-refractivity contribution >= 4 is 16.8 Å². The molecule has 2 aliphatic heterocycles. The number of benzene rings is 1. The number of rotatable bonds is 3. The molecule has 0 N–H and O–H groups in total. The van der Waals surface area contributed by atoms with Gasteiger partial charge in [0, 0.05) is 26.1 Å². The molecule has 0 saturated carbocycles. The van der Waals surface area contributed by atoms with E-state index in [0.29, 0.717) is 31.4 Å². The molecule has 1 saturated heterocycles. The molecule has 1 aromatic carbocycles. The molecule has 6 heteroatoms. The number of hydrogen-bond donors (Lipinski definition) is 0. The largest absolute Gasteiger partial charge is 0.384 e. The van der Waals surface area contributed by atoms with Crippen LogP contribution in [0, 0.1) is 0 Å². The highest BCUT2D eigenvalue weighted by molar-refractivity contribution is 5.78. The zero-order chi connectivity index (χ0) is 16.7. The van der Waals surface area contributed by atoms with E-state index in [0.717, 1.165) is 24.2 Å². The summed E-state index contributed by atoms with van der Waals surface area (Å²) in [5.41, 5.74) is 0.747. The van der Waals surface area contributed by atoms with E-state index in [2.05, 4.69) is 0 Å². The molecule has 4 rings (SSSR count). The zero-order valence-electron chi connectivity index (χ0n) is 13.8. The second-order valence-corrected chi connectivity index (χ2v) is 6.59. The van der Waals surface area contributed by atoms with Gasteiger partial charge in [-0.1, -0.05) is 12.1 Å². The Hall–Kier alpha value is -2.21. The minimum absolute atomic E-state index is 0.00689. The van der Waals surface area contributed by atoms with Crippen LogP contribution in [0.25, 0.3) is 10.9 Å². The Balaban J connectivity index is 1.73. The lowest BCUT2D eigenvalue weighted by Gasteiger charge is -2.27. The summed E-state index contributed by atoms with van der Waals surface area (Å²) in [4.78, 5) is 32.1. The lowest BCUT2D eigenvalue weighted by atomic mass is 10.1. The number of carbonyl (C=O) groups excluding carboxylic acids is 1. The summed E-state index contributed by atoms with van der Waals surface area (Å²) in [6.45, 7) is 0.977. The molecule has 2 aromatic rings. The summed E-state index contributed by atoms with van der Waals surface area (Å²) < 4.78 is 6.82. The quantitative estimate of drug-likeness (QED) is 0.853. The SMILES string of the molecule is COCCC(=O)N1[C@@H]2CC[C@H]1Cc1nc3ccccc3c(=O)n1C2. The van der Waals surface area contributed by atoms with Crippen molar-refractivity contribution in [1.29, 1.82) is 0 Å². The van der Waals surface area contributed by atoms with Crippen LogP contribution in [0.5, 0.6) is 0 Å². The molecule has 0 spiro atoms. The van der Waals surface area contributed by atoms with Gasteiger partial charge in [0.2, 0.25) is 5.91 Å². The van der Waals surface area contributed by atoms with E-state index in [1.54, 1.807) is 11.7 Å². The normalized spacial score (nSPS) is 22.5. The molecule has 0 aliphatic carbocycles. The molecule has 2 atom stereocenters. The van der Waals surface area contributed by atoms with Gasteiger partial charge in [0.25, 0.3) is 5.56 Å². The molecule has 2 aliphatic rings. The summed E-state index contributed by atoms with van der Waals surface area (Å²) in [6, 6.07) is 7.68. The average molecular weight is 327 g/mol. The van der Waals surface area contributed by atoms with Crippen molar-refractivity contribution in [3.05, 3.63) is 40.4 Å². The number of nitrogens with zero attached hydrogens (tertiary/aromatic N) is 3. The van der Waals surface area contributed by atoms with Gasteiger partial charge >= 0.3 is 0 Å². The molecule has 1 fully saturated rings. The van der Waals surface area contributed by atoms with Gasteiger partial charge in [-0.2, -0.15) is 0 Å². The summed E-state index contributed by atoms with van der Waals surface area (Å²) >= 11 is 0. The van der Waals surface area contributed by atoms with E-state index in [9.17, 15) is 9.59 Å². The predicted octanol–water partition coefficient (Wildman–Crippen LogP) is 1.35. The zero-order valence-corrected chi connectivity index (χ0v) is 13.8. The second-order valence-electron chi connectivity index (χ2n) is 6.59. The number of hydrogen-bond acceptors (Lipinski definition) is 4. The van der Waals surface area contributed by atoms with E-state index in [4.69, 9.17) is 9.72 Å². The maximum atomic E-state index is 12.9. The van der Waals surface area contributed by atoms with Crippen LogP contribution in [-0.4, -0.2) is 46.2 Å². The maximum Gasteiger partial charge on any atom is 0.261 e. The molecule has 6 nitrogen and oxygen atoms in total. The van der Waals surface area contributed by atoms with Crippen LogP contribution in [0.2, 0.25) is 0 Å². The Kier molecular flexibility index (Phi) is 3.84. The molecule has 0 radical (unpaired) electrons. The van der Waals surface area contributed by atoms with Crippen LogP contribution in [0.1, 0.15) is 25.1 Å². The van der Waals surface area contributed by atoms with E-state index in [-0.39, 0.29) is 23.6 Å². The molecule has 24 heavy (non-hydrogen) atoms. The van der Waals surface area contributed by atoms with Crippen molar-refractivity contribution in [2.75, 3.05) is 13.7 Å².